The van der Waals surface area contributed by atoms with Crippen LogP contribution in [0.5, 0.6) is 0 Å². The Hall–Kier alpha value is -1.35. The number of piperidine rings is 2. The molecule has 2 fully saturated rings. The quantitative estimate of drug-likeness (QED) is 0.893. The normalized spacial score (nSPS) is 27.7. The summed E-state index contributed by atoms with van der Waals surface area (Å²) in [6.45, 7) is 5.54. The zero-order valence-electron chi connectivity index (χ0n) is 14.6. The molecule has 2 unspecified atom stereocenters. The maximum atomic E-state index is 12.5. The lowest BCUT2D eigenvalue weighted by molar-refractivity contribution is 0.0234. The van der Waals surface area contributed by atoms with Gasteiger partial charge in [0.15, 0.2) is 0 Å². The van der Waals surface area contributed by atoms with Crippen molar-refractivity contribution in [1.29, 1.82) is 0 Å². The maximum Gasteiger partial charge on any atom is 0.251 e. The van der Waals surface area contributed by atoms with Crippen molar-refractivity contribution in [3.63, 3.8) is 0 Å². The average Bonchev–Trinajstić information content (AvgIpc) is 2.52. The molecule has 0 saturated carbocycles. The highest BCUT2D eigenvalue weighted by atomic mass is 16.1. The van der Waals surface area contributed by atoms with Crippen molar-refractivity contribution >= 4 is 5.91 Å². The molecule has 2 atom stereocenters. The molecule has 126 valence electrons. The Bertz CT molecular complexity index is 528. The highest BCUT2D eigenvalue weighted by molar-refractivity contribution is 5.94. The van der Waals surface area contributed by atoms with Gasteiger partial charge in [-0.05, 0) is 57.7 Å². The molecule has 23 heavy (non-hydrogen) atoms. The second-order valence-corrected chi connectivity index (χ2v) is 7.34. The van der Waals surface area contributed by atoms with Gasteiger partial charge in [0.1, 0.15) is 0 Å². The van der Waals surface area contributed by atoms with Crippen molar-refractivity contribution in [2.24, 2.45) is 0 Å². The molecule has 2 aliphatic heterocycles. The Morgan fingerprint density at radius 1 is 1.26 bits per heavy atom. The predicted molar refractivity (Wildman–Crippen MR) is 94.7 cm³/mol. The molecule has 1 amide bonds. The number of hydrogen-bond acceptors (Lipinski definition) is 2. The van der Waals surface area contributed by atoms with E-state index in [-0.39, 0.29) is 5.91 Å². The number of benzene rings is 1. The van der Waals surface area contributed by atoms with Crippen LogP contribution in [-0.2, 0) is 0 Å². The number of amides is 1. The van der Waals surface area contributed by atoms with E-state index in [2.05, 4.69) is 17.1 Å². The van der Waals surface area contributed by atoms with Crippen LogP contribution in [0.25, 0.3) is 0 Å². The fourth-order valence-electron chi connectivity index (χ4n) is 4.36. The number of hydrogen-bond donors (Lipinski definition) is 1. The molecule has 0 spiro atoms. The van der Waals surface area contributed by atoms with Gasteiger partial charge < -0.3 is 5.32 Å². The molecular formula is C20H30N2O. The number of unbranched alkanes of at least 4 members (excludes halogenated alkanes) is 1. The van der Waals surface area contributed by atoms with E-state index in [0.29, 0.717) is 18.1 Å². The van der Waals surface area contributed by atoms with Crippen LogP contribution in [0.2, 0.25) is 0 Å². The van der Waals surface area contributed by atoms with Gasteiger partial charge >= 0.3 is 0 Å². The lowest BCUT2D eigenvalue weighted by Crippen LogP contribution is -2.57. The van der Waals surface area contributed by atoms with Crippen molar-refractivity contribution in [2.45, 2.75) is 76.9 Å². The maximum absolute atomic E-state index is 12.5. The summed E-state index contributed by atoms with van der Waals surface area (Å²) in [5, 5.41) is 3.30. The van der Waals surface area contributed by atoms with Crippen LogP contribution in [0, 0.1) is 6.92 Å². The number of carbonyl (C=O) groups excluding carboxylic acids is 1. The van der Waals surface area contributed by atoms with Crippen LogP contribution in [0.4, 0.5) is 0 Å². The van der Waals surface area contributed by atoms with E-state index in [4.69, 9.17) is 0 Å². The van der Waals surface area contributed by atoms with Gasteiger partial charge in [-0.3, -0.25) is 9.69 Å². The molecule has 0 aromatic heterocycles. The number of rotatable bonds is 5. The van der Waals surface area contributed by atoms with Gasteiger partial charge in [-0.15, -0.1) is 0 Å². The van der Waals surface area contributed by atoms with Gasteiger partial charge in [-0.1, -0.05) is 37.5 Å². The minimum Gasteiger partial charge on any atom is -0.349 e. The van der Waals surface area contributed by atoms with Crippen molar-refractivity contribution < 1.29 is 4.79 Å². The van der Waals surface area contributed by atoms with Crippen molar-refractivity contribution in [1.82, 2.24) is 10.2 Å². The van der Waals surface area contributed by atoms with E-state index in [1.54, 1.807) is 0 Å². The summed E-state index contributed by atoms with van der Waals surface area (Å²) in [6.07, 6.45) is 8.77. The standard InChI is InChI=1S/C20H30N2O/c1-3-4-11-22-18-9-6-10-19(22)14-17(13-18)21-20(23)16-8-5-7-15(2)12-16/h5,7-8,12,17-19H,3-4,6,9-11,13-14H2,1-2H3,(H,21,23). The van der Waals surface area contributed by atoms with Gasteiger partial charge in [-0.2, -0.15) is 0 Å². The third-order valence-corrected chi connectivity index (χ3v) is 5.51. The molecule has 2 aliphatic rings. The summed E-state index contributed by atoms with van der Waals surface area (Å²) in [6, 6.07) is 9.59. The summed E-state index contributed by atoms with van der Waals surface area (Å²) >= 11 is 0. The van der Waals surface area contributed by atoms with Crippen LogP contribution in [0.3, 0.4) is 0 Å². The Kier molecular flexibility index (Phi) is 5.37. The Balaban J connectivity index is 1.61. The topological polar surface area (TPSA) is 32.3 Å². The number of fused-ring (bicyclic) bond motifs is 2. The third-order valence-electron chi connectivity index (χ3n) is 5.51. The van der Waals surface area contributed by atoms with Crippen molar-refractivity contribution in [2.75, 3.05) is 6.54 Å². The Morgan fingerprint density at radius 3 is 2.65 bits per heavy atom. The minimum atomic E-state index is 0.0961. The molecular weight excluding hydrogens is 284 g/mol. The highest BCUT2D eigenvalue weighted by Crippen LogP contribution is 2.34. The average molecular weight is 314 g/mol. The summed E-state index contributed by atoms with van der Waals surface area (Å²) in [5.74, 6) is 0.0961. The fourth-order valence-corrected chi connectivity index (χ4v) is 4.36. The lowest BCUT2D eigenvalue weighted by Gasteiger charge is -2.49. The van der Waals surface area contributed by atoms with E-state index < -0.39 is 0 Å². The lowest BCUT2D eigenvalue weighted by atomic mass is 9.81. The third kappa shape index (κ3) is 3.95. The second-order valence-electron chi connectivity index (χ2n) is 7.34. The van der Waals surface area contributed by atoms with Crippen molar-refractivity contribution in [3.8, 4) is 0 Å². The molecule has 2 heterocycles. The number of carbonyl (C=O) groups is 1. The molecule has 1 N–H and O–H groups in total. The Morgan fingerprint density at radius 2 is 2.00 bits per heavy atom. The molecule has 0 aliphatic carbocycles. The fraction of sp³-hybridized carbons (Fsp3) is 0.650. The zero-order valence-corrected chi connectivity index (χ0v) is 14.6. The van der Waals surface area contributed by atoms with Crippen LogP contribution in [0.15, 0.2) is 24.3 Å². The van der Waals surface area contributed by atoms with E-state index in [1.807, 2.05) is 31.2 Å². The van der Waals surface area contributed by atoms with Gasteiger partial charge in [0.05, 0.1) is 0 Å². The largest absolute Gasteiger partial charge is 0.349 e. The first kappa shape index (κ1) is 16.5. The molecule has 3 rings (SSSR count). The SMILES string of the molecule is CCCCN1C2CCCC1CC(NC(=O)c1cccc(C)c1)C2. The second kappa shape index (κ2) is 7.48. The number of nitrogens with one attached hydrogen (secondary N) is 1. The van der Waals surface area contributed by atoms with Crippen LogP contribution in [0.1, 0.15) is 67.8 Å². The summed E-state index contributed by atoms with van der Waals surface area (Å²) < 4.78 is 0. The van der Waals surface area contributed by atoms with Gasteiger partial charge in [0.2, 0.25) is 0 Å². The zero-order chi connectivity index (χ0) is 16.2. The molecule has 3 heteroatoms. The predicted octanol–water partition coefficient (Wildman–Crippen LogP) is 3.91. The molecule has 2 bridgehead atoms. The molecule has 1 aromatic rings. The molecule has 0 radical (unpaired) electrons. The van der Waals surface area contributed by atoms with Crippen LogP contribution in [-0.4, -0.2) is 35.5 Å². The van der Waals surface area contributed by atoms with Crippen molar-refractivity contribution in [3.05, 3.63) is 35.4 Å². The van der Waals surface area contributed by atoms with E-state index in [9.17, 15) is 4.79 Å². The summed E-state index contributed by atoms with van der Waals surface area (Å²) in [5.41, 5.74) is 1.94. The van der Waals surface area contributed by atoms with Gasteiger partial charge in [-0.25, -0.2) is 0 Å². The van der Waals surface area contributed by atoms with E-state index in [0.717, 1.165) is 24.0 Å². The van der Waals surface area contributed by atoms with Crippen LogP contribution >= 0.6 is 0 Å². The van der Waals surface area contributed by atoms with Crippen LogP contribution < -0.4 is 5.32 Å². The van der Waals surface area contributed by atoms with Gasteiger partial charge in [0, 0.05) is 23.7 Å². The molecule has 2 saturated heterocycles. The first-order valence-corrected chi connectivity index (χ1v) is 9.30. The Labute approximate surface area is 140 Å². The highest BCUT2D eigenvalue weighted by Gasteiger charge is 2.38. The molecule has 3 nitrogen and oxygen atoms in total. The number of nitrogens with zero attached hydrogens (tertiary/aromatic N) is 1. The van der Waals surface area contributed by atoms with E-state index in [1.165, 1.54) is 38.6 Å². The minimum absolute atomic E-state index is 0.0961. The smallest absolute Gasteiger partial charge is 0.251 e. The first-order valence-electron chi connectivity index (χ1n) is 9.30. The monoisotopic (exact) mass is 314 g/mol. The number of aryl methyl sites for hydroxylation is 1. The summed E-state index contributed by atoms with van der Waals surface area (Å²) in [7, 11) is 0. The van der Waals surface area contributed by atoms with Gasteiger partial charge in [0.25, 0.3) is 5.91 Å². The van der Waals surface area contributed by atoms with E-state index >= 15 is 0 Å². The first-order chi connectivity index (χ1) is 11.2. The molecule has 1 aromatic carbocycles. The summed E-state index contributed by atoms with van der Waals surface area (Å²) in [4.78, 5) is 15.3.